The van der Waals surface area contributed by atoms with Gasteiger partial charge < -0.3 is 4.74 Å². The van der Waals surface area contributed by atoms with E-state index in [1.54, 1.807) is 13.2 Å². The van der Waals surface area contributed by atoms with E-state index in [-0.39, 0.29) is 0 Å². The van der Waals surface area contributed by atoms with Crippen LogP contribution >= 0.6 is 0 Å². The number of ether oxygens (including phenoxy) is 1. The summed E-state index contributed by atoms with van der Waals surface area (Å²) in [6, 6.07) is 0. The summed E-state index contributed by atoms with van der Waals surface area (Å²) in [5, 5.41) is 3.66. The van der Waals surface area contributed by atoms with Gasteiger partial charge in [0.2, 0.25) is 5.90 Å². The van der Waals surface area contributed by atoms with E-state index in [9.17, 15) is 0 Å². The Morgan fingerprint density at radius 1 is 1.62 bits per heavy atom. The summed E-state index contributed by atoms with van der Waals surface area (Å²) in [6.07, 6.45) is 1.78. The van der Waals surface area contributed by atoms with Crippen molar-refractivity contribution in [2.24, 2.45) is 5.10 Å². The average molecular weight is 111 g/mol. The van der Waals surface area contributed by atoms with Crippen LogP contribution in [0.1, 0.15) is 6.92 Å². The fraction of sp³-hybridized carbons (Fsp3) is 0.400. The Morgan fingerprint density at radius 2 is 2.38 bits per heavy atom. The van der Waals surface area contributed by atoms with Crippen LogP contribution in [0.2, 0.25) is 0 Å². The van der Waals surface area contributed by atoms with Crippen molar-refractivity contribution in [3.05, 3.63) is 11.8 Å². The smallest absolute Gasteiger partial charge is 0.234 e. The van der Waals surface area contributed by atoms with Crippen LogP contribution in [0, 0.1) is 0 Å². The van der Waals surface area contributed by atoms with Crippen molar-refractivity contribution in [2.75, 3.05) is 7.11 Å². The highest BCUT2D eigenvalue weighted by atomic mass is 16.5. The highest BCUT2D eigenvalue weighted by Gasteiger charge is 2.02. The van der Waals surface area contributed by atoms with Gasteiger partial charge in [-0.2, -0.15) is 5.43 Å². The zero-order chi connectivity index (χ0) is 5.98. The summed E-state index contributed by atoms with van der Waals surface area (Å²) < 4.78 is 4.76. The van der Waals surface area contributed by atoms with Gasteiger partial charge in [0.05, 0.1) is 12.8 Å². The minimum absolute atomic E-state index is 0.586. The van der Waals surface area contributed by atoms with Crippen molar-refractivity contribution in [3.63, 3.8) is 0 Å². The van der Waals surface area contributed by atoms with Crippen LogP contribution in [-0.4, -0.2) is 13.0 Å². The molecular formula is C5H7N2O. The molecule has 1 aliphatic heterocycles. The first-order valence-corrected chi connectivity index (χ1v) is 2.34. The number of allylic oxidation sites excluding steroid dienone is 1. The topological polar surface area (TPSA) is 35.7 Å². The van der Waals surface area contributed by atoms with Crippen molar-refractivity contribution in [1.82, 2.24) is 5.43 Å². The van der Waals surface area contributed by atoms with E-state index < -0.39 is 0 Å². The van der Waals surface area contributed by atoms with Gasteiger partial charge in [-0.15, -0.1) is 5.10 Å². The van der Waals surface area contributed by atoms with Gasteiger partial charge in [0.15, 0.2) is 0 Å². The number of rotatable bonds is 0. The standard InChI is InChI=1S/C5H7N2O/c1-4-3-5(8-2)7-6-4/h3H,1-2H3. The molecule has 0 fully saturated rings. The summed E-state index contributed by atoms with van der Waals surface area (Å²) in [4.78, 5) is 0. The molecule has 0 N–H and O–H groups in total. The quantitative estimate of drug-likeness (QED) is 0.447. The van der Waals surface area contributed by atoms with Crippen LogP contribution in [-0.2, 0) is 4.74 Å². The Kier molecular flexibility index (Phi) is 1.20. The maximum atomic E-state index is 4.76. The molecule has 1 rings (SSSR count). The molecule has 0 aromatic heterocycles. The number of hydrogen-bond acceptors (Lipinski definition) is 2. The van der Waals surface area contributed by atoms with Gasteiger partial charge in [-0.25, -0.2) is 0 Å². The molecule has 0 saturated heterocycles. The highest BCUT2D eigenvalue weighted by Crippen LogP contribution is 1.99. The maximum Gasteiger partial charge on any atom is 0.234 e. The second-order valence-corrected chi connectivity index (χ2v) is 1.53. The lowest BCUT2D eigenvalue weighted by molar-refractivity contribution is 0.405. The van der Waals surface area contributed by atoms with Crippen molar-refractivity contribution in [2.45, 2.75) is 6.92 Å². The monoisotopic (exact) mass is 111 g/mol. The van der Waals surface area contributed by atoms with Crippen LogP contribution in [0.5, 0.6) is 0 Å². The maximum absolute atomic E-state index is 4.76. The Hall–Kier alpha value is -0.990. The molecule has 1 radical (unpaired) electrons. The summed E-state index contributed by atoms with van der Waals surface area (Å²) in [6.45, 7) is 1.87. The molecule has 0 aromatic rings. The molecule has 0 spiro atoms. The first-order chi connectivity index (χ1) is 3.83. The van der Waals surface area contributed by atoms with E-state index >= 15 is 0 Å². The molecule has 8 heavy (non-hydrogen) atoms. The van der Waals surface area contributed by atoms with Crippen LogP contribution in [0.25, 0.3) is 0 Å². The van der Waals surface area contributed by atoms with Crippen LogP contribution in [0.4, 0.5) is 0 Å². The minimum atomic E-state index is 0.586. The Morgan fingerprint density at radius 3 is 2.62 bits per heavy atom. The van der Waals surface area contributed by atoms with Crippen LogP contribution < -0.4 is 5.43 Å². The molecule has 0 saturated carbocycles. The fourth-order valence-electron chi connectivity index (χ4n) is 0.464. The summed E-state index contributed by atoms with van der Waals surface area (Å²) >= 11 is 0. The first kappa shape index (κ1) is 5.15. The second-order valence-electron chi connectivity index (χ2n) is 1.53. The van der Waals surface area contributed by atoms with Gasteiger partial charge in [-0.3, -0.25) is 0 Å². The van der Waals surface area contributed by atoms with E-state index in [4.69, 9.17) is 4.74 Å². The number of hydrogen-bond donors (Lipinski definition) is 0. The molecule has 0 atom stereocenters. The predicted molar refractivity (Wildman–Crippen MR) is 30.3 cm³/mol. The van der Waals surface area contributed by atoms with Crippen molar-refractivity contribution in [1.29, 1.82) is 0 Å². The van der Waals surface area contributed by atoms with Crippen molar-refractivity contribution >= 4 is 5.90 Å². The molecule has 0 amide bonds. The lowest BCUT2D eigenvalue weighted by Gasteiger charge is -1.87. The zero-order valence-corrected chi connectivity index (χ0v) is 4.88. The van der Waals surface area contributed by atoms with E-state index in [0.29, 0.717) is 5.90 Å². The highest BCUT2D eigenvalue weighted by molar-refractivity contribution is 5.89. The molecule has 0 bridgehead atoms. The van der Waals surface area contributed by atoms with Gasteiger partial charge in [0.25, 0.3) is 0 Å². The Labute approximate surface area is 48.0 Å². The van der Waals surface area contributed by atoms with Crippen molar-refractivity contribution < 1.29 is 4.74 Å². The lowest BCUT2D eigenvalue weighted by atomic mass is 10.5. The van der Waals surface area contributed by atoms with Crippen molar-refractivity contribution in [3.8, 4) is 0 Å². The van der Waals surface area contributed by atoms with Gasteiger partial charge in [-0.05, 0) is 6.92 Å². The number of methoxy groups -OCH3 is 1. The average Bonchev–Trinajstić information content (AvgIpc) is 2.14. The van der Waals surface area contributed by atoms with Gasteiger partial charge in [-0.1, -0.05) is 0 Å². The van der Waals surface area contributed by atoms with Crippen LogP contribution in [0.3, 0.4) is 0 Å². The molecule has 1 heterocycles. The van der Waals surface area contributed by atoms with Gasteiger partial charge in [0, 0.05) is 6.08 Å². The molecule has 43 valence electrons. The van der Waals surface area contributed by atoms with Gasteiger partial charge >= 0.3 is 0 Å². The molecule has 0 unspecified atom stereocenters. The fourth-order valence-corrected chi connectivity index (χ4v) is 0.464. The summed E-state index contributed by atoms with van der Waals surface area (Å²) in [5.74, 6) is 0.586. The normalized spacial score (nSPS) is 16.8. The largest absolute Gasteiger partial charge is 0.480 e. The zero-order valence-electron chi connectivity index (χ0n) is 4.88. The molecular weight excluding hydrogens is 104 g/mol. The van der Waals surface area contributed by atoms with Crippen LogP contribution in [0.15, 0.2) is 16.9 Å². The summed E-state index contributed by atoms with van der Waals surface area (Å²) in [7, 11) is 1.57. The van der Waals surface area contributed by atoms with E-state index in [1.165, 1.54) is 0 Å². The summed E-state index contributed by atoms with van der Waals surface area (Å²) in [5.41, 5.74) is 4.60. The minimum Gasteiger partial charge on any atom is -0.480 e. The predicted octanol–water partition coefficient (Wildman–Crippen LogP) is 0.468. The van der Waals surface area contributed by atoms with Gasteiger partial charge in [0.1, 0.15) is 0 Å². The lowest BCUT2D eigenvalue weighted by Crippen LogP contribution is -1.91. The first-order valence-electron chi connectivity index (χ1n) is 2.34. The molecule has 3 heteroatoms. The van der Waals surface area contributed by atoms with E-state index in [2.05, 4.69) is 10.5 Å². The Balaban J connectivity index is 2.58. The third-order valence-electron chi connectivity index (χ3n) is 0.848. The molecule has 0 aromatic carbocycles. The molecule has 1 aliphatic rings. The Bertz CT molecular complexity index is 149. The molecule has 0 aliphatic carbocycles. The third kappa shape index (κ3) is 0.804. The van der Waals surface area contributed by atoms with E-state index in [1.807, 2.05) is 6.92 Å². The number of nitrogens with zero attached hydrogens (tertiary/aromatic N) is 2. The SMILES string of the molecule is COC1=N[N]C(C)=C1. The van der Waals surface area contributed by atoms with E-state index in [0.717, 1.165) is 5.70 Å². The second kappa shape index (κ2) is 1.86. The molecule has 3 nitrogen and oxygen atoms in total. The third-order valence-corrected chi connectivity index (χ3v) is 0.848.